The van der Waals surface area contributed by atoms with E-state index in [2.05, 4.69) is 0 Å². The van der Waals surface area contributed by atoms with Gasteiger partial charge in [-0.15, -0.1) is 0 Å². The Kier molecular flexibility index (Phi) is 3.83. The van der Waals surface area contributed by atoms with Crippen molar-refractivity contribution in [1.82, 2.24) is 0 Å². The highest BCUT2D eigenvalue weighted by Gasteiger charge is 2.22. The molecule has 0 aliphatic carbocycles. The van der Waals surface area contributed by atoms with Gasteiger partial charge in [-0.25, -0.2) is 0 Å². The molecule has 0 amide bonds. The van der Waals surface area contributed by atoms with E-state index in [0.717, 1.165) is 19.4 Å². The molecule has 3 heteroatoms. The second-order valence-corrected chi connectivity index (χ2v) is 2.83. The fourth-order valence-electron chi connectivity index (χ4n) is 1.27. The summed E-state index contributed by atoms with van der Waals surface area (Å²) in [4.78, 5) is 0. The summed E-state index contributed by atoms with van der Waals surface area (Å²) in [6.07, 6.45) is 2.63. The van der Waals surface area contributed by atoms with E-state index in [-0.39, 0.29) is 12.2 Å². The minimum Gasteiger partial charge on any atom is -0.376 e. The molecule has 0 radical (unpaired) electrons. The smallest absolute Gasteiger partial charge is 0.146 e. The van der Waals surface area contributed by atoms with E-state index >= 15 is 0 Å². The van der Waals surface area contributed by atoms with E-state index in [0.29, 0.717) is 6.79 Å². The Labute approximate surface area is 67.6 Å². The quantitative estimate of drug-likeness (QED) is 0.580. The van der Waals surface area contributed by atoms with Crippen molar-refractivity contribution in [2.75, 3.05) is 20.5 Å². The van der Waals surface area contributed by atoms with Crippen molar-refractivity contribution in [2.45, 2.75) is 32.0 Å². The predicted octanol–water partition coefficient (Wildman–Crippen LogP) is 1.17. The molecular weight excluding hydrogens is 144 g/mol. The van der Waals surface area contributed by atoms with Crippen LogP contribution in [-0.4, -0.2) is 32.7 Å². The van der Waals surface area contributed by atoms with Crippen LogP contribution >= 0.6 is 0 Å². The van der Waals surface area contributed by atoms with Crippen LogP contribution in [0, 0.1) is 0 Å². The Bertz CT molecular complexity index is 106. The highest BCUT2D eigenvalue weighted by molar-refractivity contribution is 4.70. The second-order valence-electron chi connectivity index (χ2n) is 2.83. The molecule has 1 heterocycles. The third-order valence-electron chi connectivity index (χ3n) is 1.94. The molecule has 0 saturated carbocycles. The van der Waals surface area contributed by atoms with Gasteiger partial charge in [0.1, 0.15) is 6.79 Å². The summed E-state index contributed by atoms with van der Waals surface area (Å²) in [7, 11) is 1.63. The molecule has 0 aromatic carbocycles. The van der Waals surface area contributed by atoms with E-state index < -0.39 is 0 Å². The van der Waals surface area contributed by atoms with Crippen LogP contribution in [-0.2, 0) is 14.2 Å². The van der Waals surface area contributed by atoms with Gasteiger partial charge in [-0.05, 0) is 19.8 Å². The standard InChI is InChI=1S/C8H16O3/c1-7-8(11-6-9-2)4-3-5-10-7/h7-8H,3-6H2,1-2H3. The van der Waals surface area contributed by atoms with Crippen LogP contribution in [0.25, 0.3) is 0 Å². The maximum Gasteiger partial charge on any atom is 0.146 e. The van der Waals surface area contributed by atoms with Crippen LogP contribution < -0.4 is 0 Å². The zero-order valence-electron chi connectivity index (χ0n) is 7.21. The number of ether oxygens (including phenoxy) is 3. The molecule has 1 rings (SSSR count). The molecule has 1 fully saturated rings. The summed E-state index contributed by atoms with van der Waals surface area (Å²) >= 11 is 0. The number of hydrogen-bond donors (Lipinski definition) is 0. The van der Waals surface area contributed by atoms with Crippen LogP contribution in [0.4, 0.5) is 0 Å². The summed E-state index contributed by atoms with van der Waals surface area (Å²) < 4.78 is 15.6. The van der Waals surface area contributed by atoms with Crippen LogP contribution in [0.5, 0.6) is 0 Å². The lowest BCUT2D eigenvalue weighted by Gasteiger charge is -2.28. The topological polar surface area (TPSA) is 27.7 Å². The summed E-state index contributed by atoms with van der Waals surface area (Å²) in [5.74, 6) is 0. The lowest BCUT2D eigenvalue weighted by atomic mass is 10.1. The highest BCUT2D eigenvalue weighted by atomic mass is 16.7. The fraction of sp³-hybridized carbons (Fsp3) is 1.00. The predicted molar refractivity (Wildman–Crippen MR) is 41.4 cm³/mol. The van der Waals surface area contributed by atoms with Crippen molar-refractivity contribution in [1.29, 1.82) is 0 Å². The zero-order chi connectivity index (χ0) is 8.10. The normalized spacial score (nSPS) is 32.2. The van der Waals surface area contributed by atoms with Gasteiger partial charge in [-0.1, -0.05) is 0 Å². The molecule has 0 spiro atoms. The molecule has 1 aliphatic heterocycles. The van der Waals surface area contributed by atoms with Crippen molar-refractivity contribution < 1.29 is 14.2 Å². The summed E-state index contributed by atoms with van der Waals surface area (Å²) in [5.41, 5.74) is 0. The number of rotatable bonds is 3. The number of hydrogen-bond acceptors (Lipinski definition) is 3. The maximum atomic E-state index is 5.41. The van der Waals surface area contributed by atoms with Crippen molar-refractivity contribution in [2.24, 2.45) is 0 Å². The Balaban J connectivity index is 2.18. The maximum absolute atomic E-state index is 5.41. The lowest BCUT2D eigenvalue weighted by Crippen LogP contribution is -2.34. The largest absolute Gasteiger partial charge is 0.376 e. The highest BCUT2D eigenvalue weighted by Crippen LogP contribution is 2.16. The molecule has 2 atom stereocenters. The minimum absolute atomic E-state index is 0.221. The fourth-order valence-corrected chi connectivity index (χ4v) is 1.27. The molecule has 66 valence electrons. The first-order valence-corrected chi connectivity index (χ1v) is 4.06. The van der Waals surface area contributed by atoms with Crippen LogP contribution in [0.3, 0.4) is 0 Å². The average Bonchev–Trinajstić information content (AvgIpc) is 2.03. The van der Waals surface area contributed by atoms with E-state index in [4.69, 9.17) is 14.2 Å². The first-order chi connectivity index (χ1) is 5.34. The number of methoxy groups -OCH3 is 1. The van der Waals surface area contributed by atoms with Gasteiger partial charge in [0.15, 0.2) is 0 Å². The van der Waals surface area contributed by atoms with Gasteiger partial charge < -0.3 is 14.2 Å². The molecule has 3 nitrogen and oxygen atoms in total. The van der Waals surface area contributed by atoms with Gasteiger partial charge in [0.05, 0.1) is 12.2 Å². The monoisotopic (exact) mass is 160 g/mol. The Hall–Kier alpha value is -0.120. The Morgan fingerprint density at radius 3 is 3.00 bits per heavy atom. The van der Waals surface area contributed by atoms with E-state index in [1.165, 1.54) is 0 Å². The van der Waals surface area contributed by atoms with Crippen LogP contribution in [0.2, 0.25) is 0 Å². The molecule has 2 unspecified atom stereocenters. The van der Waals surface area contributed by atoms with E-state index in [9.17, 15) is 0 Å². The van der Waals surface area contributed by atoms with Crippen LogP contribution in [0.15, 0.2) is 0 Å². The van der Waals surface area contributed by atoms with E-state index in [1.54, 1.807) is 7.11 Å². The molecular formula is C8H16O3. The molecule has 0 bridgehead atoms. The molecule has 0 aromatic rings. The first-order valence-electron chi connectivity index (χ1n) is 4.06. The lowest BCUT2D eigenvalue weighted by molar-refractivity contribution is -0.144. The third kappa shape index (κ3) is 2.77. The van der Waals surface area contributed by atoms with Gasteiger partial charge in [-0.2, -0.15) is 0 Å². The summed E-state index contributed by atoms with van der Waals surface area (Å²) in [6, 6.07) is 0. The van der Waals surface area contributed by atoms with Crippen molar-refractivity contribution in [3.63, 3.8) is 0 Å². The van der Waals surface area contributed by atoms with Crippen molar-refractivity contribution in [3.05, 3.63) is 0 Å². The summed E-state index contributed by atoms with van der Waals surface area (Å²) in [5, 5.41) is 0. The van der Waals surface area contributed by atoms with Gasteiger partial charge in [0.25, 0.3) is 0 Å². The molecule has 1 aliphatic rings. The first kappa shape index (κ1) is 8.97. The summed E-state index contributed by atoms with van der Waals surface area (Å²) in [6.45, 7) is 3.28. The van der Waals surface area contributed by atoms with Gasteiger partial charge in [-0.3, -0.25) is 0 Å². The molecule has 0 aromatic heterocycles. The van der Waals surface area contributed by atoms with E-state index in [1.807, 2.05) is 6.92 Å². The minimum atomic E-state index is 0.221. The Morgan fingerprint density at radius 2 is 2.36 bits per heavy atom. The molecule has 11 heavy (non-hydrogen) atoms. The Morgan fingerprint density at radius 1 is 1.55 bits per heavy atom. The van der Waals surface area contributed by atoms with Gasteiger partial charge in [0, 0.05) is 13.7 Å². The SMILES string of the molecule is COCOC1CCCOC1C. The average molecular weight is 160 g/mol. The van der Waals surface area contributed by atoms with Crippen molar-refractivity contribution in [3.8, 4) is 0 Å². The van der Waals surface area contributed by atoms with Gasteiger partial charge >= 0.3 is 0 Å². The third-order valence-corrected chi connectivity index (χ3v) is 1.94. The second kappa shape index (κ2) is 4.70. The zero-order valence-corrected chi connectivity index (χ0v) is 7.21. The van der Waals surface area contributed by atoms with Gasteiger partial charge in [0.2, 0.25) is 0 Å². The van der Waals surface area contributed by atoms with Crippen LogP contribution in [0.1, 0.15) is 19.8 Å². The van der Waals surface area contributed by atoms with Crippen molar-refractivity contribution >= 4 is 0 Å². The molecule has 1 saturated heterocycles. The molecule has 0 N–H and O–H groups in total.